The Hall–Kier alpha value is -4.54. The molecule has 1 aromatic heterocycles. The van der Waals surface area contributed by atoms with Gasteiger partial charge in [0.25, 0.3) is 5.91 Å². The lowest BCUT2D eigenvalue weighted by molar-refractivity contribution is 0.0916. The smallest absolute Gasteiger partial charge is 0.414 e. The normalized spacial score (nSPS) is 17.2. The van der Waals surface area contributed by atoms with Crippen molar-refractivity contribution in [1.29, 1.82) is 0 Å². The zero-order valence-corrected chi connectivity index (χ0v) is 22.3. The molecule has 1 atom stereocenters. The van der Waals surface area contributed by atoms with E-state index < -0.39 is 12.2 Å². The molecule has 0 saturated carbocycles. The fourth-order valence-corrected chi connectivity index (χ4v) is 4.64. The molecule has 3 aromatic rings. The van der Waals surface area contributed by atoms with Crippen molar-refractivity contribution in [2.24, 2.45) is 0 Å². The van der Waals surface area contributed by atoms with Gasteiger partial charge in [0.05, 0.1) is 27.3 Å². The lowest BCUT2D eigenvalue weighted by Crippen LogP contribution is -2.46. The van der Waals surface area contributed by atoms with Gasteiger partial charge in [0, 0.05) is 49.2 Å². The van der Waals surface area contributed by atoms with Crippen LogP contribution in [0.1, 0.15) is 15.9 Å². The van der Waals surface area contributed by atoms with Gasteiger partial charge in [-0.1, -0.05) is 17.7 Å². The average Bonchev–Trinajstić information content (AvgIpc) is 3.36. The highest BCUT2D eigenvalue weighted by molar-refractivity contribution is 5.94. The third kappa shape index (κ3) is 5.97. The van der Waals surface area contributed by atoms with E-state index in [9.17, 15) is 9.59 Å². The number of rotatable bonds is 8. The van der Waals surface area contributed by atoms with Crippen LogP contribution in [-0.4, -0.2) is 81.6 Å². The van der Waals surface area contributed by atoms with Crippen molar-refractivity contribution < 1.29 is 23.8 Å². The molecule has 11 nitrogen and oxygen atoms in total. The molecule has 2 aliphatic heterocycles. The highest BCUT2D eigenvalue weighted by Crippen LogP contribution is 2.27. The third-order valence-electron chi connectivity index (χ3n) is 6.87. The Balaban J connectivity index is 1.14. The number of aryl methyl sites for hydroxylation is 1. The lowest BCUT2D eigenvalue weighted by Gasteiger charge is -2.36. The van der Waals surface area contributed by atoms with Crippen LogP contribution in [0.25, 0.3) is 0 Å². The van der Waals surface area contributed by atoms with Crippen LogP contribution < -0.4 is 29.5 Å². The molecule has 2 saturated heterocycles. The van der Waals surface area contributed by atoms with Crippen molar-refractivity contribution in [2.45, 2.75) is 13.0 Å². The number of nitrogens with one attached hydrogen (secondary N) is 1. The van der Waals surface area contributed by atoms with Gasteiger partial charge in [-0.25, -0.2) is 4.79 Å². The van der Waals surface area contributed by atoms with Crippen molar-refractivity contribution in [1.82, 2.24) is 15.3 Å². The van der Waals surface area contributed by atoms with Gasteiger partial charge in [-0.15, -0.1) is 0 Å². The molecule has 11 heteroatoms. The van der Waals surface area contributed by atoms with Crippen LogP contribution in [0.3, 0.4) is 0 Å². The third-order valence-corrected chi connectivity index (χ3v) is 6.87. The van der Waals surface area contributed by atoms with Gasteiger partial charge >= 0.3 is 12.1 Å². The number of carbonyl (C=O) groups is 2. The number of anilines is 3. The minimum absolute atomic E-state index is 0.188. The summed E-state index contributed by atoms with van der Waals surface area (Å²) < 4.78 is 16.0. The average molecular weight is 533 g/mol. The van der Waals surface area contributed by atoms with Gasteiger partial charge in [-0.05, 0) is 43.3 Å². The molecule has 39 heavy (non-hydrogen) atoms. The Bertz CT molecular complexity index is 1290. The number of carbonyl (C=O) groups excluding carboxylic acids is 2. The molecule has 5 rings (SSSR count). The zero-order valence-electron chi connectivity index (χ0n) is 22.3. The minimum Gasteiger partial charge on any atom is -0.481 e. The summed E-state index contributed by atoms with van der Waals surface area (Å²) in [4.78, 5) is 39.6. The predicted octanol–water partition coefficient (Wildman–Crippen LogP) is 2.88. The second-order valence-electron chi connectivity index (χ2n) is 9.44. The summed E-state index contributed by atoms with van der Waals surface area (Å²) in [7, 11) is 3.10. The maximum absolute atomic E-state index is 12.5. The van der Waals surface area contributed by atoms with Crippen LogP contribution in [0.4, 0.5) is 22.0 Å². The van der Waals surface area contributed by atoms with Crippen molar-refractivity contribution >= 4 is 29.2 Å². The molecule has 2 fully saturated rings. The summed E-state index contributed by atoms with van der Waals surface area (Å²) in [6.07, 6.45) is -0.833. The van der Waals surface area contributed by atoms with Crippen molar-refractivity contribution in [3.8, 4) is 11.9 Å². The molecule has 0 spiro atoms. The Kier molecular flexibility index (Phi) is 7.67. The van der Waals surface area contributed by atoms with Crippen LogP contribution in [0.5, 0.6) is 11.9 Å². The number of cyclic esters (lactones) is 1. The molecule has 2 aromatic carbocycles. The first-order valence-corrected chi connectivity index (χ1v) is 12.8. The quantitative estimate of drug-likeness (QED) is 0.468. The number of amides is 2. The highest BCUT2D eigenvalue weighted by atomic mass is 16.6. The summed E-state index contributed by atoms with van der Waals surface area (Å²) in [6, 6.07) is 17.3. The SMILES string of the molecule is COc1cc(N2CCN(c3ccc(N4CC(CNC(=O)c5ccc(C)cc5)OC4=O)cc3)CC2)nc(OC)n1. The van der Waals surface area contributed by atoms with Gasteiger partial charge in [0.15, 0.2) is 0 Å². The first kappa shape index (κ1) is 26.1. The van der Waals surface area contributed by atoms with Gasteiger partial charge < -0.3 is 29.3 Å². The van der Waals surface area contributed by atoms with Crippen molar-refractivity contribution in [2.75, 3.05) is 68.2 Å². The molecule has 1 unspecified atom stereocenters. The second-order valence-corrected chi connectivity index (χ2v) is 9.44. The molecule has 3 heterocycles. The molecule has 204 valence electrons. The number of ether oxygens (including phenoxy) is 3. The van der Waals surface area contributed by atoms with E-state index in [1.807, 2.05) is 49.4 Å². The van der Waals surface area contributed by atoms with Crippen LogP contribution in [-0.2, 0) is 4.74 Å². The lowest BCUT2D eigenvalue weighted by atomic mass is 10.1. The van der Waals surface area contributed by atoms with E-state index >= 15 is 0 Å². The fraction of sp³-hybridized carbons (Fsp3) is 0.357. The molecule has 0 aliphatic carbocycles. The summed E-state index contributed by atoms with van der Waals surface area (Å²) in [5.74, 6) is 1.05. The summed E-state index contributed by atoms with van der Waals surface area (Å²) in [5, 5.41) is 2.86. The van der Waals surface area contributed by atoms with Crippen molar-refractivity contribution in [3.05, 3.63) is 65.7 Å². The molecule has 0 bridgehead atoms. The topological polar surface area (TPSA) is 109 Å². The van der Waals surface area contributed by atoms with Gasteiger partial charge in [-0.3, -0.25) is 9.69 Å². The fourth-order valence-electron chi connectivity index (χ4n) is 4.64. The maximum Gasteiger partial charge on any atom is 0.414 e. The van der Waals surface area contributed by atoms with E-state index in [4.69, 9.17) is 14.2 Å². The Morgan fingerprint density at radius 1 is 0.949 bits per heavy atom. The standard InChI is InChI=1S/C28H32N6O5/c1-19-4-6-20(7-5-19)26(35)29-17-23-18-34(28(36)39-23)22-10-8-21(9-11-22)32-12-14-33(15-13-32)24-16-25(37-2)31-27(30-24)38-3/h4-11,16,23H,12-15,17-18H2,1-3H3,(H,29,35). The first-order chi connectivity index (χ1) is 18.9. The van der Waals surface area contributed by atoms with Gasteiger partial charge in [-0.2, -0.15) is 9.97 Å². The molecular formula is C28H32N6O5. The molecule has 1 N–H and O–H groups in total. The van der Waals surface area contributed by atoms with E-state index in [-0.39, 0.29) is 18.5 Å². The number of aromatic nitrogens is 2. The Morgan fingerprint density at radius 3 is 2.28 bits per heavy atom. The van der Waals surface area contributed by atoms with Gasteiger partial charge in [0.2, 0.25) is 5.88 Å². The first-order valence-electron chi connectivity index (χ1n) is 12.8. The van der Waals surface area contributed by atoms with Crippen molar-refractivity contribution in [3.63, 3.8) is 0 Å². The molecular weight excluding hydrogens is 500 g/mol. The molecule has 2 amide bonds. The summed E-state index contributed by atoms with van der Waals surface area (Å²) in [6.45, 7) is 5.76. The van der Waals surface area contributed by atoms with Crippen LogP contribution >= 0.6 is 0 Å². The van der Waals surface area contributed by atoms with E-state index in [2.05, 4.69) is 25.1 Å². The van der Waals surface area contributed by atoms with E-state index in [1.54, 1.807) is 24.1 Å². The number of piperazine rings is 1. The number of benzene rings is 2. The monoisotopic (exact) mass is 532 g/mol. The number of hydrogen-bond donors (Lipinski definition) is 1. The number of methoxy groups -OCH3 is 2. The van der Waals surface area contributed by atoms with Gasteiger partial charge in [0.1, 0.15) is 11.9 Å². The zero-order chi connectivity index (χ0) is 27.4. The molecule has 2 aliphatic rings. The minimum atomic E-state index is -0.418. The van der Waals surface area contributed by atoms with E-state index in [0.29, 0.717) is 18.0 Å². The highest BCUT2D eigenvalue weighted by Gasteiger charge is 2.32. The van der Waals surface area contributed by atoms with Crippen LogP contribution in [0.2, 0.25) is 0 Å². The Labute approximate surface area is 227 Å². The largest absolute Gasteiger partial charge is 0.481 e. The Morgan fingerprint density at radius 2 is 1.62 bits per heavy atom. The molecule has 0 radical (unpaired) electrons. The second kappa shape index (κ2) is 11.5. The van der Waals surface area contributed by atoms with Crippen LogP contribution in [0.15, 0.2) is 54.6 Å². The van der Waals surface area contributed by atoms with E-state index in [0.717, 1.165) is 48.9 Å². The number of hydrogen-bond acceptors (Lipinski definition) is 9. The summed E-state index contributed by atoms with van der Waals surface area (Å²) >= 11 is 0. The van der Waals surface area contributed by atoms with Crippen LogP contribution in [0, 0.1) is 6.92 Å². The summed E-state index contributed by atoms with van der Waals surface area (Å²) in [5.41, 5.74) is 3.50. The predicted molar refractivity (Wildman–Crippen MR) is 147 cm³/mol. The number of nitrogens with zero attached hydrogens (tertiary/aromatic N) is 5. The van der Waals surface area contributed by atoms with E-state index in [1.165, 1.54) is 7.11 Å². The maximum atomic E-state index is 12.5.